The third kappa shape index (κ3) is 3.86. The number of thiophene rings is 1. The predicted molar refractivity (Wildman–Crippen MR) is 131 cm³/mol. The summed E-state index contributed by atoms with van der Waals surface area (Å²) in [6, 6.07) is 13.7. The van der Waals surface area contributed by atoms with E-state index in [9.17, 15) is 19.1 Å². The molecule has 0 bridgehead atoms. The highest BCUT2D eigenvalue weighted by molar-refractivity contribution is 7.22. The zero-order valence-electron chi connectivity index (χ0n) is 18.0. The van der Waals surface area contributed by atoms with Gasteiger partial charge in [-0.2, -0.15) is 0 Å². The van der Waals surface area contributed by atoms with E-state index in [1.807, 2.05) is 18.4 Å². The van der Waals surface area contributed by atoms with Crippen molar-refractivity contribution in [2.75, 3.05) is 11.5 Å². The summed E-state index contributed by atoms with van der Waals surface area (Å²) in [5, 5.41) is 13.3. The van der Waals surface area contributed by atoms with Gasteiger partial charge in [0.1, 0.15) is 23.4 Å². The molecule has 1 atom stereocenters. The molecule has 3 heterocycles. The average molecular weight is 495 g/mol. The molecular formula is C25H19FN2O4S2. The molecule has 1 fully saturated rings. The first-order valence-corrected chi connectivity index (χ1v) is 12.3. The number of aromatic nitrogens is 1. The van der Waals surface area contributed by atoms with Gasteiger partial charge in [0.05, 0.1) is 22.4 Å². The number of aliphatic hydroxyl groups excluding tert-OH is 1. The van der Waals surface area contributed by atoms with E-state index in [1.54, 1.807) is 30.3 Å². The van der Waals surface area contributed by atoms with E-state index in [2.05, 4.69) is 4.98 Å². The van der Waals surface area contributed by atoms with Gasteiger partial charge in [0.2, 0.25) is 0 Å². The molecule has 0 aliphatic carbocycles. The van der Waals surface area contributed by atoms with Crippen LogP contribution in [0.2, 0.25) is 0 Å². The molecule has 2 aromatic carbocycles. The monoisotopic (exact) mass is 494 g/mol. The Bertz CT molecular complexity index is 1410. The van der Waals surface area contributed by atoms with Crippen molar-refractivity contribution in [2.24, 2.45) is 0 Å². The van der Waals surface area contributed by atoms with Crippen molar-refractivity contribution in [3.05, 3.63) is 81.8 Å². The summed E-state index contributed by atoms with van der Waals surface area (Å²) in [6.07, 6.45) is 0.865. The van der Waals surface area contributed by atoms with Crippen LogP contribution in [-0.4, -0.2) is 28.4 Å². The summed E-state index contributed by atoms with van der Waals surface area (Å²) >= 11 is 2.49. The fourth-order valence-corrected chi connectivity index (χ4v) is 5.66. The highest BCUT2D eigenvalue weighted by Gasteiger charge is 2.48. The minimum Gasteiger partial charge on any atom is -0.507 e. The number of halogens is 1. The molecule has 5 rings (SSSR count). The van der Waals surface area contributed by atoms with Gasteiger partial charge in [0.15, 0.2) is 5.13 Å². The summed E-state index contributed by atoms with van der Waals surface area (Å²) in [4.78, 5) is 32.8. The molecule has 0 spiro atoms. The number of nitrogens with zero attached hydrogens (tertiary/aromatic N) is 2. The van der Waals surface area contributed by atoms with Crippen molar-refractivity contribution in [3.8, 4) is 5.75 Å². The highest BCUT2D eigenvalue weighted by atomic mass is 32.1. The molecule has 2 aromatic heterocycles. The second kappa shape index (κ2) is 9.00. The van der Waals surface area contributed by atoms with Crippen LogP contribution in [0.25, 0.3) is 16.0 Å². The largest absolute Gasteiger partial charge is 0.507 e. The number of carbonyl (C=O) groups excluding carboxylic acids is 2. The Morgan fingerprint density at radius 2 is 1.97 bits per heavy atom. The maximum Gasteiger partial charge on any atom is 0.301 e. The molecule has 0 radical (unpaired) electrons. The quantitative estimate of drug-likeness (QED) is 0.205. The maximum absolute atomic E-state index is 13.7. The Labute approximate surface area is 202 Å². The molecule has 0 saturated carbocycles. The van der Waals surface area contributed by atoms with Crippen LogP contribution >= 0.6 is 22.7 Å². The van der Waals surface area contributed by atoms with Gasteiger partial charge in [-0.05, 0) is 60.3 Å². The molecule has 9 heteroatoms. The Morgan fingerprint density at radius 3 is 2.68 bits per heavy atom. The van der Waals surface area contributed by atoms with E-state index in [0.717, 1.165) is 17.8 Å². The molecule has 4 aromatic rings. The number of Topliss-reactive ketones (excluding diaryl/α,β-unsaturated/α-hetero) is 1. The lowest BCUT2D eigenvalue weighted by Gasteiger charge is -2.21. The van der Waals surface area contributed by atoms with Crippen LogP contribution in [0, 0.1) is 5.82 Å². The van der Waals surface area contributed by atoms with Gasteiger partial charge in [-0.25, -0.2) is 9.37 Å². The number of ether oxygens (including phenoxy) is 1. The third-order valence-corrected chi connectivity index (χ3v) is 7.35. The Morgan fingerprint density at radius 1 is 1.18 bits per heavy atom. The smallest absolute Gasteiger partial charge is 0.301 e. The molecule has 1 unspecified atom stereocenters. The fraction of sp³-hybridized carbons (Fsp3) is 0.160. The molecule has 1 amide bonds. The Balaban J connectivity index is 1.62. The minimum atomic E-state index is -0.846. The molecule has 1 aliphatic rings. The number of hydrogen-bond donors (Lipinski definition) is 1. The lowest BCUT2D eigenvalue weighted by Crippen LogP contribution is -2.28. The minimum absolute atomic E-state index is 0.0138. The predicted octanol–water partition coefficient (Wildman–Crippen LogP) is 5.91. The van der Waals surface area contributed by atoms with E-state index in [1.165, 1.54) is 34.4 Å². The summed E-state index contributed by atoms with van der Waals surface area (Å²) in [7, 11) is 0. The second-order valence-electron chi connectivity index (χ2n) is 7.67. The molecule has 1 saturated heterocycles. The number of amides is 1. The molecule has 1 N–H and O–H groups in total. The normalized spacial score (nSPS) is 17.6. The SMILES string of the molecule is CCCOc1ccc(C(O)=C2C(=O)C(=O)N(c3nc4ccc(F)cc4s3)C2c2cccs2)cc1. The maximum atomic E-state index is 13.7. The van der Waals surface area contributed by atoms with Crippen LogP contribution in [0.1, 0.15) is 29.8 Å². The van der Waals surface area contributed by atoms with Crippen LogP contribution in [0.15, 0.2) is 65.6 Å². The van der Waals surface area contributed by atoms with Crippen molar-refractivity contribution in [1.29, 1.82) is 0 Å². The third-order valence-electron chi connectivity index (χ3n) is 5.40. The average Bonchev–Trinajstić information content (AvgIpc) is 3.56. The zero-order valence-corrected chi connectivity index (χ0v) is 19.7. The van der Waals surface area contributed by atoms with E-state index in [-0.39, 0.29) is 16.5 Å². The standard InChI is InChI=1S/C25H19FN2O4S2/c1-2-11-32-16-8-5-14(6-9-16)22(29)20-21(18-4-3-12-33-18)28(24(31)23(20)30)25-27-17-10-7-15(26)13-19(17)34-25/h3-10,12-13,21,29H,2,11H2,1H3. The van der Waals surface area contributed by atoms with Gasteiger partial charge >= 0.3 is 5.91 Å². The first-order valence-electron chi connectivity index (χ1n) is 10.6. The lowest BCUT2D eigenvalue weighted by atomic mass is 10.00. The van der Waals surface area contributed by atoms with Crippen LogP contribution in [0.5, 0.6) is 5.75 Å². The van der Waals surface area contributed by atoms with E-state index in [0.29, 0.717) is 33.0 Å². The number of hydrogen-bond acceptors (Lipinski definition) is 7. The van der Waals surface area contributed by atoms with E-state index in [4.69, 9.17) is 4.74 Å². The molecule has 6 nitrogen and oxygen atoms in total. The number of fused-ring (bicyclic) bond motifs is 1. The highest BCUT2D eigenvalue weighted by Crippen LogP contribution is 2.45. The van der Waals surface area contributed by atoms with Gasteiger partial charge in [-0.1, -0.05) is 24.3 Å². The number of carbonyl (C=O) groups is 2. The van der Waals surface area contributed by atoms with Crippen LogP contribution in [-0.2, 0) is 9.59 Å². The fourth-order valence-electron chi connectivity index (χ4n) is 3.82. The molecule has 34 heavy (non-hydrogen) atoms. The summed E-state index contributed by atoms with van der Waals surface area (Å²) in [6.45, 7) is 2.58. The lowest BCUT2D eigenvalue weighted by molar-refractivity contribution is -0.132. The number of ketones is 1. The van der Waals surface area contributed by atoms with Crippen molar-refractivity contribution >= 4 is 55.5 Å². The number of benzene rings is 2. The van der Waals surface area contributed by atoms with Crippen LogP contribution in [0.4, 0.5) is 9.52 Å². The van der Waals surface area contributed by atoms with Gasteiger partial charge in [0.25, 0.3) is 5.78 Å². The van der Waals surface area contributed by atoms with Crippen molar-refractivity contribution in [3.63, 3.8) is 0 Å². The van der Waals surface area contributed by atoms with Crippen LogP contribution in [0.3, 0.4) is 0 Å². The van der Waals surface area contributed by atoms with E-state index >= 15 is 0 Å². The number of aliphatic hydroxyl groups is 1. The Hall–Kier alpha value is -3.56. The number of thiazole rings is 1. The first kappa shape index (κ1) is 22.2. The van der Waals surface area contributed by atoms with Crippen LogP contribution < -0.4 is 9.64 Å². The van der Waals surface area contributed by atoms with Gasteiger partial charge in [-0.3, -0.25) is 14.5 Å². The molecular weight excluding hydrogens is 475 g/mol. The zero-order chi connectivity index (χ0) is 23.8. The summed E-state index contributed by atoms with van der Waals surface area (Å²) in [5.41, 5.74) is 0.908. The van der Waals surface area contributed by atoms with E-state index < -0.39 is 23.5 Å². The molecule has 1 aliphatic heterocycles. The van der Waals surface area contributed by atoms with Gasteiger partial charge in [-0.15, -0.1) is 11.3 Å². The van der Waals surface area contributed by atoms with Crippen molar-refractivity contribution in [2.45, 2.75) is 19.4 Å². The second-order valence-corrected chi connectivity index (χ2v) is 9.65. The molecule has 172 valence electrons. The summed E-state index contributed by atoms with van der Waals surface area (Å²) in [5.74, 6) is -1.62. The first-order chi connectivity index (χ1) is 16.5. The topological polar surface area (TPSA) is 79.7 Å². The van der Waals surface area contributed by atoms with Crippen molar-refractivity contribution < 1.29 is 23.8 Å². The number of anilines is 1. The Kier molecular flexibility index (Phi) is 5.89. The number of rotatable bonds is 6. The summed E-state index contributed by atoms with van der Waals surface area (Å²) < 4.78 is 19.9. The van der Waals surface area contributed by atoms with Gasteiger partial charge in [0, 0.05) is 10.4 Å². The van der Waals surface area contributed by atoms with Crippen molar-refractivity contribution in [1.82, 2.24) is 4.98 Å². The van der Waals surface area contributed by atoms with Gasteiger partial charge < -0.3 is 9.84 Å².